The van der Waals surface area contributed by atoms with E-state index < -0.39 is 0 Å². The first kappa shape index (κ1) is 20.4. The molecule has 6 heteroatoms. The van der Waals surface area contributed by atoms with Gasteiger partial charge >= 0.3 is 0 Å². The van der Waals surface area contributed by atoms with E-state index in [1.54, 1.807) is 0 Å². The summed E-state index contributed by atoms with van der Waals surface area (Å²) in [6.45, 7) is 4.00. The molecule has 1 amide bonds. The molecule has 0 bridgehead atoms. The Balaban J connectivity index is 1.34. The second-order valence-electron chi connectivity index (χ2n) is 8.00. The number of fused-ring (bicyclic) bond motifs is 1. The number of hydrogen-bond donors (Lipinski definition) is 1. The maximum Gasteiger partial charge on any atom is 0.251 e. The third-order valence-corrected chi connectivity index (χ3v) is 5.91. The lowest BCUT2D eigenvalue weighted by Gasteiger charge is -2.31. The molecule has 1 unspecified atom stereocenters. The van der Waals surface area contributed by atoms with Crippen molar-refractivity contribution < 1.29 is 9.53 Å². The van der Waals surface area contributed by atoms with Crippen molar-refractivity contribution in [2.45, 2.75) is 6.04 Å². The summed E-state index contributed by atoms with van der Waals surface area (Å²) in [6, 6.07) is 25.7. The first-order valence-electron chi connectivity index (χ1n) is 11.0. The Hall–Kier alpha value is -3.48. The average molecular weight is 427 g/mol. The van der Waals surface area contributed by atoms with Gasteiger partial charge in [-0.3, -0.25) is 14.3 Å². The molecule has 162 valence electrons. The van der Waals surface area contributed by atoms with Crippen LogP contribution in [0.5, 0.6) is 0 Å². The molecule has 1 aliphatic heterocycles. The molecule has 0 aliphatic carbocycles. The van der Waals surface area contributed by atoms with Gasteiger partial charge in [0.15, 0.2) is 0 Å². The zero-order valence-corrected chi connectivity index (χ0v) is 17.9. The number of ether oxygens (including phenoxy) is 1. The van der Waals surface area contributed by atoms with E-state index in [4.69, 9.17) is 4.74 Å². The number of carbonyl (C=O) groups excluding carboxylic acids is 1. The van der Waals surface area contributed by atoms with Crippen LogP contribution in [-0.4, -0.2) is 53.2 Å². The van der Waals surface area contributed by atoms with Crippen LogP contribution in [0.25, 0.3) is 16.7 Å². The lowest BCUT2D eigenvalue weighted by molar-refractivity contribution is 0.0332. The number of rotatable bonds is 6. The summed E-state index contributed by atoms with van der Waals surface area (Å²) in [7, 11) is 0. The second-order valence-corrected chi connectivity index (χ2v) is 8.00. The SMILES string of the molecule is O=C(NC(CN1CCOCC1)c1ccccc1)c1ccc(-n2cnc3ccccc32)cc1. The number of nitrogens with zero attached hydrogens (tertiary/aromatic N) is 3. The summed E-state index contributed by atoms with van der Waals surface area (Å²) in [4.78, 5) is 19.9. The molecular formula is C26H26N4O2. The van der Waals surface area contributed by atoms with Crippen molar-refractivity contribution in [3.63, 3.8) is 0 Å². The predicted molar refractivity (Wildman–Crippen MR) is 125 cm³/mol. The number of morpholine rings is 1. The summed E-state index contributed by atoms with van der Waals surface area (Å²) in [5.74, 6) is -0.0749. The normalized spacial score (nSPS) is 15.5. The number of imidazole rings is 1. The van der Waals surface area contributed by atoms with Gasteiger partial charge < -0.3 is 10.1 Å². The Kier molecular flexibility index (Phi) is 5.96. The van der Waals surface area contributed by atoms with Crippen molar-refractivity contribution in [2.75, 3.05) is 32.8 Å². The predicted octanol–water partition coefficient (Wildman–Crippen LogP) is 3.83. The molecule has 1 saturated heterocycles. The minimum absolute atomic E-state index is 0.0749. The minimum Gasteiger partial charge on any atom is -0.379 e. The number of carbonyl (C=O) groups is 1. The van der Waals surface area contributed by atoms with Gasteiger partial charge in [-0.15, -0.1) is 0 Å². The number of aromatic nitrogens is 2. The highest BCUT2D eigenvalue weighted by Crippen LogP contribution is 2.20. The lowest BCUT2D eigenvalue weighted by Crippen LogP contribution is -2.43. The minimum atomic E-state index is -0.0842. The molecule has 2 heterocycles. The van der Waals surface area contributed by atoms with Crippen molar-refractivity contribution in [3.8, 4) is 5.69 Å². The van der Waals surface area contributed by atoms with E-state index in [-0.39, 0.29) is 11.9 Å². The number of hydrogen-bond acceptors (Lipinski definition) is 4. The molecule has 0 saturated carbocycles. The second kappa shape index (κ2) is 9.34. The van der Waals surface area contributed by atoms with E-state index in [0.29, 0.717) is 5.56 Å². The number of amides is 1. The smallest absolute Gasteiger partial charge is 0.251 e. The van der Waals surface area contributed by atoms with Gasteiger partial charge in [-0.1, -0.05) is 42.5 Å². The Morgan fingerprint density at radius 1 is 0.938 bits per heavy atom. The zero-order chi connectivity index (χ0) is 21.8. The van der Waals surface area contributed by atoms with Gasteiger partial charge in [-0.2, -0.15) is 0 Å². The van der Waals surface area contributed by atoms with Gasteiger partial charge in [-0.05, 0) is 42.0 Å². The van der Waals surface area contributed by atoms with Gasteiger partial charge in [0.2, 0.25) is 0 Å². The molecule has 32 heavy (non-hydrogen) atoms. The number of benzene rings is 3. The van der Waals surface area contributed by atoms with Crippen molar-refractivity contribution >= 4 is 16.9 Å². The standard InChI is InChI=1S/C26H26N4O2/c31-26(28-24(20-6-2-1-3-7-20)18-29-14-16-32-17-15-29)21-10-12-22(13-11-21)30-19-27-23-8-4-5-9-25(23)30/h1-13,19,24H,14-18H2,(H,28,31). The quantitative estimate of drug-likeness (QED) is 0.509. The highest BCUT2D eigenvalue weighted by atomic mass is 16.5. The molecule has 1 fully saturated rings. The van der Waals surface area contributed by atoms with Crippen LogP contribution < -0.4 is 5.32 Å². The van der Waals surface area contributed by atoms with Gasteiger partial charge in [0.25, 0.3) is 5.91 Å². The third kappa shape index (κ3) is 4.42. The molecule has 0 spiro atoms. The highest BCUT2D eigenvalue weighted by molar-refractivity contribution is 5.94. The summed E-state index contributed by atoms with van der Waals surface area (Å²) in [5, 5.41) is 3.24. The van der Waals surface area contributed by atoms with Crippen molar-refractivity contribution in [1.82, 2.24) is 19.8 Å². The molecule has 0 radical (unpaired) electrons. The van der Waals surface area contributed by atoms with Crippen LogP contribution >= 0.6 is 0 Å². The maximum atomic E-state index is 13.1. The van der Waals surface area contributed by atoms with Crippen LogP contribution in [-0.2, 0) is 4.74 Å². The zero-order valence-electron chi connectivity index (χ0n) is 17.9. The van der Waals surface area contributed by atoms with E-state index >= 15 is 0 Å². The molecule has 6 nitrogen and oxygen atoms in total. The van der Waals surface area contributed by atoms with Crippen molar-refractivity contribution in [1.29, 1.82) is 0 Å². The largest absolute Gasteiger partial charge is 0.379 e. The van der Waals surface area contributed by atoms with Crippen molar-refractivity contribution in [2.24, 2.45) is 0 Å². The molecular weight excluding hydrogens is 400 g/mol. The molecule has 1 atom stereocenters. The monoisotopic (exact) mass is 426 g/mol. The highest BCUT2D eigenvalue weighted by Gasteiger charge is 2.20. The van der Waals surface area contributed by atoms with Crippen molar-refractivity contribution in [3.05, 3.63) is 96.3 Å². The number of nitrogens with one attached hydrogen (secondary N) is 1. The molecule has 1 N–H and O–H groups in total. The lowest BCUT2D eigenvalue weighted by atomic mass is 10.1. The van der Waals surface area contributed by atoms with Gasteiger partial charge in [-0.25, -0.2) is 4.98 Å². The van der Waals surface area contributed by atoms with Crippen LogP contribution in [0.3, 0.4) is 0 Å². The van der Waals surface area contributed by atoms with Gasteiger partial charge in [0, 0.05) is 30.9 Å². The maximum absolute atomic E-state index is 13.1. The van der Waals surface area contributed by atoms with Crippen LogP contribution in [0, 0.1) is 0 Å². The van der Waals surface area contributed by atoms with Crippen LogP contribution in [0.15, 0.2) is 85.2 Å². The first-order chi connectivity index (χ1) is 15.8. The molecule has 4 aromatic rings. The fourth-order valence-corrected chi connectivity index (χ4v) is 4.14. The van der Waals surface area contributed by atoms with E-state index in [2.05, 4.69) is 27.3 Å². The van der Waals surface area contributed by atoms with Gasteiger partial charge in [0.1, 0.15) is 6.33 Å². The fraction of sp³-hybridized carbons (Fsp3) is 0.231. The average Bonchev–Trinajstić information content (AvgIpc) is 3.29. The van der Waals surface area contributed by atoms with Gasteiger partial charge in [0.05, 0.1) is 30.3 Å². The summed E-state index contributed by atoms with van der Waals surface area (Å²) >= 11 is 0. The third-order valence-electron chi connectivity index (χ3n) is 5.91. The molecule has 3 aromatic carbocycles. The Labute approximate surface area is 187 Å². The summed E-state index contributed by atoms with van der Waals surface area (Å²) < 4.78 is 7.50. The van der Waals surface area contributed by atoms with E-state index in [1.807, 2.05) is 77.6 Å². The Bertz CT molecular complexity index is 1180. The topological polar surface area (TPSA) is 59.4 Å². The molecule has 1 aliphatic rings. The molecule has 5 rings (SSSR count). The Morgan fingerprint density at radius 3 is 2.44 bits per heavy atom. The van der Waals surface area contributed by atoms with E-state index in [0.717, 1.165) is 55.1 Å². The molecule has 1 aromatic heterocycles. The van der Waals surface area contributed by atoms with Crippen LogP contribution in [0.4, 0.5) is 0 Å². The first-order valence-corrected chi connectivity index (χ1v) is 11.0. The summed E-state index contributed by atoms with van der Waals surface area (Å²) in [5.41, 5.74) is 4.71. The Morgan fingerprint density at radius 2 is 1.66 bits per heavy atom. The number of para-hydroxylation sites is 2. The van der Waals surface area contributed by atoms with E-state index in [1.165, 1.54) is 0 Å². The fourth-order valence-electron chi connectivity index (χ4n) is 4.14. The van der Waals surface area contributed by atoms with E-state index in [9.17, 15) is 4.79 Å². The van der Waals surface area contributed by atoms with Crippen LogP contribution in [0.1, 0.15) is 22.0 Å². The van der Waals surface area contributed by atoms with Crippen LogP contribution in [0.2, 0.25) is 0 Å². The summed E-state index contributed by atoms with van der Waals surface area (Å²) in [6.07, 6.45) is 1.81.